The van der Waals surface area contributed by atoms with E-state index >= 15 is 0 Å². The fraction of sp³-hybridized carbons (Fsp3) is 0.353. The molecule has 0 spiro atoms. The summed E-state index contributed by atoms with van der Waals surface area (Å²) in [7, 11) is 0. The van der Waals surface area contributed by atoms with Crippen LogP contribution in [0.1, 0.15) is 30.0 Å². The van der Waals surface area contributed by atoms with Gasteiger partial charge in [-0.15, -0.1) is 0 Å². The van der Waals surface area contributed by atoms with E-state index in [0.717, 1.165) is 13.1 Å². The van der Waals surface area contributed by atoms with Crippen LogP contribution in [0.5, 0.6) is 0 Å². The van der Waals surface area contributed by atoms with Gasteiger partial charge >= 0.3 is 0 Å². The zero-order valence-electron chi connectivity index (χ0n) is 11.2. The summed E-state index contributed by atoms with van der Waals surface area (Å²) in [6.45, 7) is 3.40. The van der Waals surface area contributed by atoms with Gasteiger partial charge in [-0.05, 0) is 37.1 Å². The highest BCUT2D eigenvalue weighted by molar-refractivity contribution is 5.15. The third kappa shape index (κ3) is 3.21. The third-order valence-corrected chi connectivity index (χ3v) is 3.86. The molecule has 2 heteroatoms. The van der Waals surface area contributed by atoms with Crippen LogP contribution in [0.2, 0.25) is 0 Å². The summed E-state index contributed by atoms with van der Waals surface area (Å²) in [5.41, 5.74) is 2.66. The van der Waals surface area contributed by atoms with E-state index in [9.17, 15) is 0 Å². The van der Waals surface area contributed by atoms with Crippen molar-refractivity contribution in [3.05, 3.63) is 66.0 Å². The van der Waals surface area contributed by atoms with Crippen molar-refractivity contribution in [2.75, 3.05) is 13.1 Å². The van der Waals surface area contributed by atoms with Gasteiger partial charge in [-0.1, -0.05) is 36.4 Å². The van der Waals surface area contributed by atoms with Crippen LogP contribution in [-0.4, -0.2) is 23.0 Å². The van der Waals surface area contributed by atoms with Crippen LogP contribution in [0, 0.1) is 0 Å². The van der Waals surface area contributed by atoms with E-state index < -0.39 is 0 Å². The highest BCUT2D eigenvalue weighted by Crippen LogP contribution is 2.26. The number of benzene rings is 1. The van der Waals surface area contributed by atoms with E-state index in [1.54, 1.807) is 0 Å². The van der Waals surface area contributed by atoms with Crippen LogP contribution in [0.3, 0.4) is 0 Å². The highest BCUT2D eigenvalue weighted by atomic mass is 15.1. The molecule has 1 aliphatic heterocycles. The molecule has 2 aromatic rings. The molecule has 1 saturated heterocycles. The Morgan fingerprint density at radius 2 is 1.89 bits per heavy atom. The molecule has 0 bridgehead atoms. The molecule has 0 aliphatic carbocycles. The van der Waals surface area contributed by atoms with Crippen molar-refractivity contribution in [2.24, 2.45) is 0 Å². The van der Waals surface area contributed by atoms with Gasteiger partial charge in [0.05, 0.1) is 0 Å². The molecule has 1 fully saturated rings. The van der Waals surface area contributed by atoms with E-state index in [-0.39, 0.29) is 0 Å². The molecule has 2 nitrogen and oxygen atoms in total. The molecule has 19 heavy (non-hydrogen) atoms. The summed E-state index contributed by atoms with van der Waals surface area (Å²) in [4.78, 5) is 7.07. The van der Waals surface area contributed by atoms with Gasteiger partial charge in [-0.3, -0.25) is 9.88 Å². The van der Waals surface area contributed by atoms with Gasteiger partial charge in [0.1, 0.15) is 0 Å². The number of rotatable bonds is 3. The summed E-state index contributed by atoms with van der Waals surface area (Å²) in [6.07, 6.45) is 4.45. The first-order valence-corrected chi connectivity index (χ1v) is 7.09. The Hall–Kier alpha value is -1.67. The lowest BCUT2D eigenvalue weighted by atomic mass is 9.94. The van der Waals surface area contributed by atoms with Gasteiger partial charge in [-0.25, -0.2) is 0 Å². The molecule has 1 atom stereocenters. The summed E-state index contributed by atoms with van der Waals surface area (Å²) in [6, 6.07) is 17.0. The number of piperidine rings is 1. The highest BCUT2D eigenvalue weighted by Gasteiger charge is 2.21. The molecule has 1 aromatic heterocycles. The number of pyridine rings is 1. The third-order valence-electron chi connectivity index (χ3n) is 3.86. The topological polar surface area (TPSA) is 16.1 Å². The van der Waals surface area contributed by atoms with E-state index in [0.29, 0.717) is 5.92 Å². The molecule has 0 N–H and O–H groups in total. The van der Waals surface area contributed by atoms with Crippen LogP contribution >= 0.6 is 0 Å². The quantitative estimate of drug-likeness (QED) is 0.831. The van der Waals surface area contributed by atoms with Crippen molar-refractivity contribution in [1.82, 2.24) is 9.88 Å². The molecule has 1 aromatic carbocycles. The Morgan fingerprint density at radius 1 is 1.05 bits per heavy atom. The lowest BCUT2D eigenvalue weighted by Crippen LogP contribution is -2.34. The average molecular weight is 252 g/mol. The van der Waals surface area contributed by atoms with Crippen molar-refractivity contribution < 1.29 is 0 Å². The molecule has 3 rings (SSSR count). The monoisotopic (exact) mass is 252 g/mol. The van der Waals surface area contributed by atoms with Crippen molar-refractivity contribution in [2.45, 2.75) is 25.3 Å². The first-order valence-electron chi connectivity index (χ1n) is 7.09. The SMILES string of the molecule is c1ccc(CN2CCCC(c3ccccn3)C2)cc1. The summed E-state index contributed by atoms with van der Waals surface area (Å²) in [5.74, 6) is 0.596. The van der Waals surface area contributed by atoms with Crippen LogP contribution in [0.4, 0.5) is 0 Å². The van der Waals surface area contributed by atoms with Crippen LogP contribution < -0.4 is 0 Å². The largest absolute Gasteiger partial charge is 0.298 e. The minimum atomic E-state index is 0.596. The maximum atomic E-state index is 4.52. The molecular weight excluding hydrogens is 232 g/mol. The summed E-state index contributed by atoms with van der Waals surface area (Å²) in [5, 5.41) is 0. The predicted molar refractivity (Wildman–Crippen MR) is 77.9 cm³/mol. The molecule has 0 radical (unpaired) electrons. The van der Waals surface area contributed by atoms with Gasteiger partial charge in [0, 0.05) is 30.9 Å². The van der Waals surface area contributed by atoms with Gasteiger partial charge in [-0.2, -0.15) is 0 Å². The predicted octanol–water partition coefficient (Wildman–Crippen LogP) is 3.46. The number of hydrogen-bond donors (Lipinski definition) is 0. The second-order valence-corrected chi connectivity index (χ2v) is 5.31. The smallest absolute Gasteiger partial charge is 0.0447 e. The number of likely N-dealkylation sites (tertiary alicyclic amines) is 1. The number of aromatic nitrogens is 1. The van der Waals surface area contributed by atoms with Crippen molar-refractivity contribution in [3.63, 3.8) is 0 Å². The zero-order valence-corrected chi connectivity index (χ0v) is 11.2. The van der Waals surface area contributed by atoms with Crippen molar-refractivity contribution in [3.8, 4) is 0 Å². The normalized spacial score (nSPS) is 20.3. The van der Waals surface area contributed by atoms with Gasteiger partial charge in [0.2, 0.25) is 0 Å². The first-order chi connectivity index (χ1) is 9.42. The molecule has 98 valence electrons. The molecule has 0 amide bonds. The van der Waals surface area contributed by atoms with Crippen LogP contribution in [0.25, 0.3) is 0 Å². The second-order valence-electron chi connectivity index (χ2n) is 5.31. The van der Waals surface area contributed by atoms with Crippen LogP contribution in [-0.2, 0) is 6.54 Å². The average Bonchev–Trinajstić information content (AvgIpc) is 2.49. The fourth-order valence-corrected chi connectivity index (χ4v) is 2.90. The Morgan fingerprint density at radius 3 is 2.68 bits per heavy atom. The standard InChI is InChI=1S/C17H20N2/c1-2-7-15(8-3-1)13-19-12-6-9-16(14-19)17-10-4-5-11-18-17/h1-5,7-8,10-11,16H,6,9,12-14H2. The second kappa shape index (κ2) is 5.98. The van der Waals surface area contributed by atoms with Gasteiger partial charge < -0.3 is 0 Å². The Bertz CT molecular complexity index is 495. The van der Waals surface area contributed by atoms with Crippen molar-refractivity contribution in [1.29, 1.82) is 0 Å². The molecule has 0 saturated carbocycles. The van der Waals surface area contributed by atoms with Gasteiger partial charge in [0.25, 0.3) is 0 Å². The van der Waals surface area contributed by atoms with E-state index in [4.69, 9.17) is 0 Å². The fourth-order valence-electron chi connectivity index (χ4n) is 2.90. The molecular formula is C17H20N2. The van der Waals surface area contributed by atoms with Crippen molar-refractivity contribution >= 4 is 0 Å². The molecule has 1 unspecified atom stereocenters. The Labute approximate surface area is 115 Å². The van der Waals surface area contributed by atoms with Crippen LogP contribution in [0.15, 0.2) is 54.7 Å². The zero-order chi connectivity index (χ0) is 12.9. The van der Waals surface area contributed by atoms with Gasteiger partial charge in [0.15, 0.2) is 0 Å². The lowest BCUT2D eigenvalue weighted by Gasteiger charge is -2.32. The minimum Gasteiger partial charge on any atom is -0.298 e. The summed E-state index contributed by atoms with van der Waals surface area (Å²) >= 11 is 0. The summed E-state index contributed by atoms with van der Waals surface area (Å²) < 4.78 is 0. The maximum Gasteiger partial charge on any atom is 0.0447 e. The number of hydrogen-bond acceptors (Lipinski definition) is 2. The lowest BCUT2D eigenvalue weighted by molar-refractivity contribution is 0.198. The maximum absolute atomic E-state index is 4.52. The minimum absolute atomic E-state index is 0.596. The number of nitrogens with zero attached hydrogens (tertiary/aromatic N) is 2. The van der Waals surface area contributed by atoms with E-state index in [1.807, 2.05) is 12.3 Å². The molecule has 2 heterocycles. The Balaban J connectivity index is 1.65. The van der Waals surface area contributed by atoms with E-state index in [2.05, 4.69) is 52.3 Å². The Kier molecular flexibility index (Phi) is 3.89. The van der Waals surface area contributed by atoms with E-state index in [1.165, 1.54) is 30.6 Å². The molecule has 1 aliphatic rings. The first kappa shape index (κ1) is 12.4.